The Morgan fingerprint density at radius 1 is 0.875 bits per heavy atom. The van der Waals surface area contributed by atoms with Gasteiger partial charge < -0.3 is 24.4 Å². The molecule has 0 aliphatic carbocycles. The zero-order chi connectivity index (χ0) is 22.5. The van der Waals surface area contributed by atoms with Gasteiger partial charge in [-0.1, -0.05) is 6.07 Å². The molecule has 7 heteroatoms. The van der Waals surface area contributed by atoms with Gasteiger partial charge in [0.2, 0.25) is 0 Å². The quantitative estimate of drug-likeness (QED) is 0.379. The predicted molar refractivity (Wildman–Crippen MR) is 125 cm³/mol. The van der Waals surface area contributed by atoms with Gasteiger partial charge in [-0.15, -0.1) is 11.3 Å². The van der Waals surface area contributed by atoms with Crippen molar-refractivity contribution in [3.05, 3.63) is 77.7 Å². The fourth-order valence-corrected chi connectivity index (χ4v) is 4.03. The molecular weight excluding hydrogens is 426 g/mol. The summed E-state index contributed by atoms with van der Waals surface area (Å²) >= 11 is 1.55. The number of benzene rings is 3. The van der Waals surface area contributed by atoms with Gasteiger partial charge in [-0.3, -0.25) is 0 Å². The molecule has 1 atom stereocenters. The minimum absolute atomic E-state index is 0.108. The van der Waals surface area contributed by atoms with Crippen LogP contribution < -0.4 is 14.2 Å². The van der Waals surface area contributed by atoms with E-state index in [0.717, 1.165) is 21.8 Å². The number of phenolic OH excluding ortho intramolecular Hbond substituents is 1. The molecule has 0 saturated carbocycles. The summed E-state index contributed by atoms with van der Waals surface area (Å²) in [5, 5.41) is 22.8. The Bertz CT molecular complexity index is 1170. The van der Waals surface area contributed by atoms with E-state index in [1.807, 2.05) is 41.8 Å². The lowest BCUT2D eigenvalue weighted by atomic mass is 10.1. The van der Waals surface area contributed by atoms with E-state index >= 15 is 0 Å². The Hall–Kier alpha value is -3.55. The highest BCUT2D eigenvalue weighted by Gasteiger charge is 2.13. The van der Waals surface area contributed by atoms with E-state index in [1.54, 1.807) is 55.9 Å². The van der Waals surface area contributed by atoms with Gasteiger partial charge in [-0.2, -0.15) is 0 Å². The molecule has 6 nitrogen and oxygen atoms in total. The first kappa shape index (κ1) is 21.7. The Labute approximate surface area is 190 Å². The van der Waals surface area contributed by atoms with Gasteiger partial charge in [0.1, 0.15) is 29.2 Å². The zero-order valence-corrected chi connectivity index (χ0v) is 18.5. The second kappa shape index (κ2) is 9.72. The summed E-state index contributed by atoms with van der Waals surface area (Å²) in [6.45, 7) is 0.108. The van der Waals surface area contributed by atoms with Gasteiger partial charge >= 0.3 is 0 Å². The molecule has 4 rings (SSSR count). The fourth-order valence-electron chi connectivity index (χ4n) is 3.20. The Balaban J connectivity index is 1.39. The monoisotopic (exact) mass is 449 g/mol. The van der Waals surface area contributed by atoms with Crippen LogP contribution in [0.3, 0.4) is 0 Å². The van der Waals surface area contributed by atoms with E-state index < -0.39 is 6.10 Å². The number of hydrogen-bond donors (Lipinski definition) is 2. The van der Waals surface area contributed by atoms with Crippen molar-refractivity contribution in [2.24, 2.45) is 0 Å². The molecule has 0 aliphatic rings. The highest BCUT2D eigenvalue weighted by atomic mass is 32.1. The lowest BCUT2D eigenvalue weighted by Gasteiger charge is -2.15. The number of nitrogens with zero attached hydrogens (tertiary/aromatic N) is 1. The lowest BCUT2D eigenvalue weighted by molar-refractivity contribution is 0.108. The molecule has 3 aromatic carbocycles. The highest BCUT2D eigenvalue weighted by molar-refractivity contribution is 7.13. The van der Waals surface area contributed by atoms with Crippen molar-refractivity contribution < 1.29 is 24.4 Å². The molecule has 0 spiro atoms. The topological polar surface area (TPSA) is 81.0 Å². The molecule has 1 aromatic heterocycles. The van der Waals surface area contributed by atoms with Gasteiger partial charge in [0.15, 0.2) is 11.5 Å². The maximum Gasteiger partial charge on any atom is 0.161 e. The van der Waals surface area contributed by atoms with E-state index in [2.05, 4.69) is 4.98 Å². The van der Waals surface area contributed by atoms with Crippen molar-refractivity contribution in [2.75, 3.05) is 20.8 Å². The van der Waals surface area contributed by atoms with Gasteiger partial charge in [0.25, 0.3) is 0 Å². The average Bonchev–Trinajstić information content (AvgIpc) is 3.33. The predicted octanol–water partition coefficient (Wildman–Crippen LogP) is 5.31. The molecule has 164 valence electrons. The molecular formula is C25H23NO5S. The molecule has 0 bridgehead atoms. The summed E-state index contributed by atoms with van der Waals surface area (Å²) < 4.78 is 16.3. The molecule has 4 aromatic rings. The van der Waals surface area contributed by atoms with E-state index in [-0.39, 0.29) is 12.4 Å². The molecule has 1 unspecified atom stereocenters. The number of aliphatic hydroxyl groups is 1. The van der Waals surface area contributed by atoms with Crippen LogP contribution in [0, 0.1) is 0 Å². The van der Waals surface area contributed by atoms with E-state index in [9.17, 15) is 10.2 Å². The van der Waals surface area contributed by atoms with Gasteiger partial charge in [-0.05, 0) is 66.2 Å². The van der Waals surface area contributed by atoms with Crippen LogP contribution in [0.4, 0.5) is 0 Å². The Morgan fingerprint density at radius 2 is 1.56 bits per heavy atom. The van der Waals surface area contributed by atoms with Crippen molar-refractivity contribution in [2.45, 2.75) is 6.10 Å². The first-order valence-corrected chi connectivity index (χ1v) is 10.8. The summed E-state index contributed by atoms with van der Waals surface area (Å²) in [6, 6.07) is 19.9. The van der Waals surface area contributed by atoms with Crippen LogP contribution in [0.15, 0.2) is 72.1 Å². The molecule has 32 heavy (non-hydrogen) atoms. The lowest BCUT2D eigenvalue weighted by Crippen LogP contribution is -2.10. The normalized spacial score (nSPS) is 11.7. The van der Waals surface area contributed by atoms with Crippen LogP contribution in [0.2, 0.25) is 0 Å². The van der Waals surface area contributed by atoms with Crippen molar-refractivity contribution in [3.63, 3.8) is 0 Å². The number of aromatic hydroxyl groups is 1. The van der Waals surface area contributed by atoms with Crippen LogP contribution in [0.25, 0.3) is 21.8 Å². The van der Waals surface area contributed by atoms with Crippen molar-refractivity contribution in [3.8, 4) is 44.8 Å². The third-order valence-electron chi connectivity index (χ3n) is 4.97. The zero-order valence-electron chi connectivity index (χ0n) is 17.7. The summed E-state index contributed by atoms with van der Waals surface area (Å²) in [4.78, 5) is 4.69. The molecule has 0 radical (unpaired) electrons. The third-order valence-corrected chi connectivity index (χ3v) is 5.86. The van der Waals surface area contributed by atoms with E-state index in [4.69, 9.17) is 14.2 Å². The average molecular weight is 450 g/mol. The minimum Gasteiger partial charge on any atom is -0.508 e. The summed E-state index contributed by atoms with van der Waals surface area (Å²) in [5.41, 5.74) is 3.48. The molecule has 1 heterocycles. The minimum atomic E-state index is -0.804. The molecule has 0 saturated heterocycles. The summed E-state index contributed by atoms with van der Waals surface area (Å²) in [5.74, 6) is 2.05. The smallest absolute Gasteiger partial charge is 0.161 e. The van der Waals surface area contributed by atoms with Crippen LogP contribution in [-0.2, 0) is 0 Å². The SMILES string of the molecule is COc1ccc(C(O)COc2ccc(-c3nc(-c4ccc(O)cc4)cs3)cc2)cc1OC. The second-order valence-electron chi connectivity index (χ2n) is 7.05. The largest absolute Gasteiger partial charge is 0.508 e. The van der Waals surface area contributed by atoms with Crippen molar-refractivity contribution in [1.29, 1.82) is 0 Å². The van der Waals surface area contributed by atoms with Crippen LogP contribution in [0.1, 0.15) is 11.7 Å². The number of aliphatic hydroxyl groups excluding tert-OH is 1. The van der Waals surface area contributed by atoms with Gasteiger partial charge in [0.05, 0.1) is 19.9 Å². The van der Waals surface area contributed by atoms with Gasteiger partial charge in [-0.25, -0.2) is 4.98 Å². The van der Waals surface area contributed by atoms with Crippen LogP contribution >= 0.6 is 11.3 Å². The Kier molecular flexibility index (Phi) is 6.58. The summed E-state index contributed by atoms with van der Waals surface area (Å²) in [7, 11) is 3.13. The molecule has 0 fully saturated rings. The second-order valence-corrected chi connectivity index (χ2v) is 7.91. The summed E-state index contributed by atoms with van der Waals surface area (Å²) in [6.07, 6.45) is -0.804. The standard InChI is InChI=1S/C25H23NO5S/c1-29-23-12-7-18(13-24(23)30-2)22(28)14-31-20-10-5-17(6-11-20)25-26-21(15-32-25)16-3-8-19(27)9-4-16/h3-13,15,22,27-28H,14H2,1-2H3. The van der Waals surface area contributed by atoms with Gasteiger partial charge in [0, 0.05) is 16.5 Å². The maximum atomic E-state index is 10.5. The number of ether oxygens (including phenoxy) is 3. The molecule has 0 aliphatic heterocycles. The maximum absolute atomic E-state index is 10.5. The number of hydrogen-bond acceptors (Lipinski definition) is 7. The van der Waals surface area contributed by atoms with Crippen LogP contribution in [0.5, 0.6) is 23.0 Å². The number of thiazole rings is 1. The Morgan fingerprint density at radius 3 is 2.25 bits per heavy atom. The third kappa shape index (κ3) is 4.85. The van der Waals surface area contributed by atoms with Crippen LogP contribution in [-0.4, -0.2) is 36.0 Å². The first-order valence-electron chi connectivity index (χ1n) is 9.95. The molecule has 2 N–H and O–H groups in total. The van der Waals surface area contributed by atoms with E-state index in [1.165, 1.54) is 0 Å². The van der Waals surface area contributed by atoms with E-state index in [0.29, 0.717) is 22.8 Å². The number of rotatable bonds is 8. The first-order chi connectivity index (χ1) is 15.6. The molecule has 0 amide bonds. The number of methoxy groups -OCH3 is 2. The number of aromatic nitrogens is 1. The van der Waals surface area contributed by atoms with Crippen molar-refractivity contribution >= 4 is 11.3 Å². The fraction of sp³-hybridized carbons (Fsp3) is 0.160. The number of phenols is 1. The van der Waals surface area contributed by atoms with Crippen molar-refractivity contribution in [1.82, 2.24) is 4.98 Å². The highest BCUT2D eigenvalue weighted by Crippen LogP contribution is 2.32.